The number of benzene rings is 1. The van der Waals surface area contributed by atoms with Crippen LogP contribution in [0.5, 0.6) is 0 Å². The number of carbonyl (C=O) groups is 1. The fourth-order valence-corrected chi connectivity index (χ4v) is 2.79. The van der Waals surface area contributed by atoms with Gasteiger partial charge >= 0.3 is 0 Å². The molecule has 1 aliphatic rings. The molecule has 0 radical (unpaired) electrons. The third-order valence-corrected chi connectivity index (χ3v) is 4.29. The molecule has 1 aromatic carbocycles. The highest BCUT2D eigenvalue weighted by atomic mass is 16.5. The second-order valence-electron chi connectivity index (χ2n) is 6.01. The summed E-state index contributed by atoms with van der Waals surface area (Å²) in [5.41, 5.74) is 0.710. The van der Waals surface area contributed by atoms with Gasteiger partial charge in [-0.15, -0.1) is 0 Å². The standard InChI is InChI=1S/C17H21N3O4/c1-20(2)15(21)13-6-4-5-12(11-13)14-18-16(19-24-14)17(22-3)7-9-23-10-8-17/h4-6,11H,7-10H2,1-3H3. The second kappa shape index (κ2) is 6.70. The van der Waals surface area contributed by atoms with Crippen molar-refractivity contribution in [1.82, 2.24) is 15.0 Å². The summed E-state index contributed by atoms with van der Waals surface area (Å²) in [6.45, 7) is 1.20. The molecule has 1 amide bonds. The van der Waals surface area contributed by atoms with E-state index in [0.29, 0.717) is 48.9 Å². The average Bonchev–Trinajstić information content (AvgIpc) is 3.12. The smallest absolute Gasteiger partial charge is 0.258 e. The van der Waals surface area contributed by atoms with E-state index in [1.54, 1.807) is 39.4 Å². The first-order valence-corrected chi connectivity index (χ1v) is 7.85. The number of rotatable bonds is 4. The van der Waals surface area contributed by atoms with Crippen molar-refractivity contribution >= 4 is 5.91 Å². The number of aromatic nitrogens is 2. The Labute approximate surface area is 140 Å². The maximum absolute atomic E-state index is 12.1. The Morgan fingerprint density at radius 2 is 2.04 bits per heavy atom. The summed E-state index contributed by atoms with van der Waals surface area (Å²) in [5, 5.41) is 4.11. The highest BCUT2D eigenvalue weighted by Gasteiger charge is 2.39. The number of nitrogens with zero attached hydrogens (tertiary/aromatic N) is 3. The van der Waals surface area contributed by atoms with Crippen LogP contribution in [0.3, 0.4) is 0 Å². The molecular weight excluding hydrogens is 310 g/mol. The number of ether oxygens (including phenoxy) is 2. The highest BCUT2D eigenvalue weighted by molar-refractivity contribution is 5.94. The van der Waals surface area contributed by atoms with Gasteiger partial charge < -0.3 is 18.9 Å². The molecule has 0 saturated carbocycles. The van der Waals surface area contributed by atoms with Crippen LogP contribution in [-0.4, -0.2) is 55.4 Å². The number of hydrogen-bond acceptors (Lipinski definition) is 6. The van der Waals surface area contributed by atoms with Gasteiger partial charge in [-0.25, -0.2) is 0 Å². The summed E-state index contributed by atoms with van der Waals surface area (Å²) in [7, 11) is 5.08. The Morgan fingerprint density at radius 3 is 2.71 bits per heavy atom. The lowest BCUT2D eigenvalue weighted by Crippen LogP contribution is -2.36. The lowest BCUT2D eigenvalue weighted by Gasteiger charge is -2.32. The fraction of sp³-hybridized carbons (Fsp3) is 0.471. The van der Waals surface area contributed by atoms with E-state index in [0.717, 1.165) is 0 Å². The second-order valence-corrected chi connectivity index (χ2v) is 6.01. The Hall–Kier alpha value is -2.25. The van der Waals surface area contributed by atoms with E-state index in [1.165, 1.54) is 4.90 Å². The topological polar surface area (TPSA) is 77.7 Å². The van der Waals surface area contributed by atoms with Gasteiger partial charge in [0.1, 0.15) is 5.60 Å². The molecule has 2 aromatic rings. The summed E-state index contributed by atoms with van der Waals surface area (Å²) >= 11 is 0. The van der Waals surface area contributed by atoms with Crippen LogP contribution in [0.2, 0.25) is 0 Å². The summed E-state index contributed by atoms with van der Waals surface area (Å²) in [6, 6.07) is 7.16. The van der Waals surface area contributed by atoms with Crippen molar-refractivity contribution in [3.8, 4) is 11.5 Å². The molecule has 1 aliphatic heterocycles. The van der Waals surface area contributed by atoms with Crippen LogP contribution in [0.15, 0.2) is 28.8 Å². The van der Waals surface area contributed by atoms with Gasteiger partial charge in [0.2, 0.25) is 5.82 Å². The lowest BCUT2D eigenvalue weighted by molar-refractivity contribution is -0.101. The van der Waals surface area contributed by atoms with Crippen LogP contribution < -0.4 is 0 Å². The number of carbonyl (C=O) groups excluding carboxylic acids is 1. The Kier molecular flexibility index (Phi) is 4.64. The molecule has 3 rings (SSSR count). The van der Waals surface area contributed by atoms with Crippen molar-refractivity contribution < 1.29 is 18.8 Å². The van der Waals surface area contributed by atoms with Crippen LogP contribution in [0.25, 0.3) is 11.5 Å². The van der Waals surface area contributed by atoms with E-state index < -0.39 is 5.60 Å². The minimum Gasteiger partial charge on any atom is -0.381 e. The normalized spacial score (nSPS) is 16.8. The van der Waals surface area contributed by atoms with Gasteiger partial charge in [0, 0.05) is 58.4 Å². The highest BCUT2D eigenvalue weighted by Crippen LogP contribution is 2.34. The summed E-state index contributed by atoms with van der Waals surface area (Å²) in [5.74, 6) is 0.823. The van der Waals surface area contributed by atoms with Crippen molar-refractivity contribution in [2.24, 2.45) is 0 Å². The predicted octanol–water partition coefficient (Wildman–Crippen LogP) is 2.09. The summed E-state index contributed by atoms with van der Waals surface area (Å²) in [4.78, 5) is 18.1. The van der Waals surface area contributed by atoms with Crippen molar-refractivity contribution in [1.29, 1.82) is 0 Å². The third kappa shape index (κ3) is 3.05. The molecule has 0 aliphatic carbocycles. The molecule has 2 heterocycles. The van der Waals surface area contributed by atoms with Gasteiger partial charge in [0.05, 0.1) is 0 Å². The molecule has 1 fully saturated rings. The van der Waals surface area contributed by atoms with E-state index >= 15 is 0 Å². The van der Waals surface area contributed by atoms with Crippen molar-refractivity contribution in [2.45, 2.75) is 18.4 Å². The maximum atomic E-state index is 12.1. The molecular formula is C17H21N3O4. The lowest BCUT2D eigenvalue weighted by atomic mass is 9.93. The van der Waals surface area contributed by atoms with E-state index in [-0.39, 0.29) is 5.91 Å². The van der Waals surface area contributed by atoms with Crippen LogP contribution in [0.1, 0.15) is 29.0 Å². The van der Waals surface area contributed by atoms with E-state index in [9.17, 15) is 4.79 Å². The van der Waals surface area contributed by atoms with Crippen LogP contribution in [0, 0.1) is 0 Å². The van der Waals surface area contributed by atoms with Crippen molar-refractivity contribution in [3.05, 3.63) is 35.7 Å². The minimum absolute atomic E-state index is 0.0746. The monoisotopic (exact) mass is 331 g/mol. The first-order chi connectivity index (χ1) is 11.6. The molecule has 0 unspecified atom stereocenters. The molecule has 0 bridgehead atoms. The maximum Gasteiger partial charge on any atom is 0.258 e. The first-order valence-electron chi connectivity index (χ1n) is 7.85. The molecule has 0 N–H and O–H groups in total. The molecule has 0 spiro atoms. The number of hydrogen-bond donors (Lipinski definition) is 0. The Morgan fingerprint density at radius 1 is 1.29 bits per heavy atom. The summed E-state index contributed by atoms with van der Waals surface area (Å²) in [6.07, 6.45) is 1.36. The Balaban J connectivity index is 1.91. The first kappa shape index (κ1) is 16.6. The average molecular weight is 331 g/mol. The van der Waals surface area contributed by atoms with Gasteiger partial charge in [0.25, 0.3) is 11.8 Å². The number of amides is 1. The molecule has 24 heavy (non-hydrogen) atoms. The molecule has 7 nitrogen and oxygen atoms in total. The zero-order valence-electron chi connectivity index (χ0n) is 14.1. The molecule has 1 saturated heterocycles. The zero-order chi connectivity index (χ0) is 17.2. The van der Waals surface area contributed by atoms with E-state index in [4.69, 9.17) is 14.0 Å². The summed E-state index contributed by atoms with van der Waals surface area (Å²) < 4.78 is 16.5. The SMILES string of the molecule is COC1(c2noc(-c3cccc(C(=O)N(C)C)c3)n2)CCOCC1. The third-order valence-electron chi connectivity index (χ3n) is 4.29. The molecule has 0 atom stereocenters. The van der Waals surface area contributed by atoms with Crippen LogP contribution in [-0.2, 0) is 15.1 Å². The van der Waals surface area contributed by atoms with Gasteiger partial charge in [-0.1, -0.05) is 11.2 Å². The molecule has 128 valence electrons. The largest absolute Gasteiger partial charge is 0.381 e. The fourth-order valence-electron chi connectivity index (χ4n) is 2.79. The minimum atomic E-state index is -0.572. The zero-order valence-corrected chi connectivity index (χ0v) is 14.1. The van der Waals surface area contributed by atoms with E-state index in [1.807, 2.05) is 6.07 Å². The van der Waals surface area contributed by atoms with Gasteiger partial charge in [0.15, 0.2) is 0 Å². The van der Waals surface area contributed by atoms with E-state index in [2.05, 4.69) is 10.1 Å². The van der Waals surface area contributed by atoms with Crippen molar-refractivity contribution in [3.63, 3.8) is 0 Å². The van der Waals surface area contributed by atoms with Crippen LogP contribution in [0.4, 0.5) is 0 Å². The van der Waals surface area contributed by atoms with Gasteiger partial charge in [-0.3, -0.25) is 4.79 Å². The van der Waals surface area contributed by atoms with Gasteiger partial charge in [-0.05, 0) is 18.2 Å². The molecule has 1 aromatic heterocycles. The quantitative estimate of drug-likeness (QED) is 0.854. The molecule has 7 heteroatoms. The van der Waals surface area contributed by atoms with Crippen LogP contribution >= 0.6 is 0 Å². The predicted molar refractivity (Wildman–Crippen MR) is 86.5 cm³/mol. The van der Waals surface area contributed by atoms with Gasteiger partial charge in [-0.2, -0.15) is 4.98 Å². The Bertz CT molecular complexity index is 720. The number of methoxy groups -OCH3 is 1. The van der Waals surface area contributed by atoms with Crippen molar-refractivity contribution in [2.75, 3.05) is 34.4 Å².